The van der Waals surface area contributed by atoms with Crippen molar-refractivity contribution in [3.8, 4) is 0 Å². The zero-order valence-electron chi connectivity index (χ0n) is 12.6. The van der Waals surface area contributed by atoms with Gasteiger partial charge in [-0.3, -0.25) is 0 Å². The minimum Gasteiger partial charge on any atom is -0.311 e. The van der Waals surface area contributed by atoms with Crippen LogP contribution in [0.2, 0.25) is 0 Å². The van der Waals surface area contributed by atoms with Crippen LogP contribution in [-0.4, -0.2) is 36.6 Å². The summed E-state index contributed by atoms with van der Waals surface area (Å²) in [6.45, 7) is 18.1. The van der Waals surface area contributed by atoms with Gasteiger partial charge < -0.3 is 10.2 Å². The molecule has 98 valence electrons. The molecule has 0 rings (SSSR count). The molecule has 0 amide bonds. The van der Waals surface area contributed by atoms with Gasteiger partial charge in [-0.25, -0.2) is 0 Å². The molecule has 0 bridgehead atoms. The van der Waals surface area contributed by atoms with Gasteiger partial charge >= 0.3 is 0 Å². The van der Waals surface area contributed by atoms with Crippen molar-refractivity contribution in [1.82, 2.24) is 10.2 Å². The molecule has 2 nitrogen and oxygen atoms in total. The molecule has 0 aromatic heterocycles. The smallest absolute Gasteiger partial charge is 0.0215 e. The van der Waals surface area contributed by atoms with Gasteiger partial charge in [0.15, 0.2) is 0 Å². The van der Waals surface area contributed by atoms with Gasteiger partial charge in [-0.1, -0.05) is 27.7 Å². The van der Waals surface area contributed by atoms with E-state index in [1.807, 2.05) is 0 Å². The molecule has 1 atom stereocenters. The van der Waals surface area contributed by atoms with E-state index in [0.29, 0.717) is 11.5 Å². The van der Waals surface area contributed by atoms with Crippen LogP contribution in [0.5, 0.6) is 0 Å². The number of likely N-dealkylation sites (N-methyl/N-ethyl adjacent to an activating group) is 1. The number of hydrogen-bond acceptors (Lipinski definition) is 2. The minimum absolute atomic E-state index is 0.218. The van der Waals surface area contributed by atoms with E-state index in [1.165, 1.54) is 6.42 Å². The summed E-state index contributed by atoms with van der Waals surface area (Å²) in [5.74, 6) is 0. The Morgan fingerprint density at radius 1 is 1.06 bits per heavy atom. The fourth-order valence-electron chi connectivity index (χ4n) is 1.91. The number of nitrogens with zero attached hydrogens (tertiary/aromatic N) is 1. The number of nitrogens with one attached hydrogen (secondary N) is 1. The molecule has 0 aliphatic carbocycles. The Morgan fingerprint density at radius 2 is 1.56 bits per heavy atom. The molecule has 0 aliphatic rings. The van der Waals surface area contributed by atoms with Crippen molar-refractivity contribution >= 4 is 0 Å². The van der Waals surface area contributed by atoms with Crippen molar-refractivity contribution in [3.05, 3.63) is 0 Å². The van der Waals surface area contributed by atoms with E-state index in [-0.39, 0.29) is 5.54 Å². The molecule has 0 saturated carbocycles. The Morgan fingerprint density at radius 3 is 1.88 bits per heavy atom. The van der Waals surface area contributed by atoms with E-state index in [9.17, 15) is 0 Å². The largest absolute Gasteiger partial charge is 0.311 e. The number of hydrogen-bond donors (Lipinski definition) is 1. The van der Waals surface area contributed by atoms with Gasteiger partial charge in [-0.05, 0) is 39.7 Å². The van der Waals surface area contributed by atoms with Crippen molar-refractivity contribution < 1.29 is 0 Å². The summed E-state index contributed by atoms with van der Waals surface area (Å²) in [7, 11) is 2.24. The third kappa shape index (κ3) is 8.12. The van der Waals surface area contributed by atoms with Crippen molar-refractivity contribution in [2.24, 2.45) is 5.41 Å². The van der Waals surface area contributed by atoms with Crippen LogP contribution in [0.4, 0.5) is 0 Å². The fourth-order valence-corrected chi connectivity index (χ4v) is 1.91. The molecule has 0 aliphatic heterocycles. The summed E-state index contributed by atoms with van der Waals surface area (Å²) in [6, 6.07) is 0.637. The van der Waals surface area contributed by atoms with Crippen LogP contribution in [0.25, 0.3) is 0 Å². The molecule has 16 heavy (non-hydrogen) atoms. The SMILES string of the molecule is CCC(CNC(C)(C)C)N(C)CC(C)(C)C. The highest BCUT2D eigenvalue weighted by Gasteiger charge is 2.20. The topological polar surface area (TPSA) is 15.3 Å². The van der Waals surface area contributed by atoms with Crippen LogP contribution < -0.4 is 5.32 Å². The van der Waals surface area contributed by atoms with Crippen LogP contribution in [0.3, 0.4) is 0 Å². The maximum Gasteiger partial charge on any atom is 0.0215 e. The Bertz CT molecular complexity index is 186. The molecule has 0 saturated heterocycles. The third-order valence-electron chi connectivity index (χ3n) is 2.69. The maximum absolute atomic E-state index is 3.60. The van der Waals surface area contributed by atoms with E-state index in [2.05, 4.69) is 65.7 Å². The Kier molecular flexibility index (Phi) is 5.99. The molecule has 0 spiro atoms. The first-order valence-corrected chi connectivity index (χ1v) is 6.50. The van der Waals surface area contributed by atoms with Gasteiger partial charge in [-0.15, -0.1) is 0 Å². The first kappa shape index (κ1) is 15.9. The molecule has 2 heteroatoms. The molecule has 0 heterocycles. The normalized spacial score (nSPS) is 15.6. The minimum atomic E-state index is 0.218. The average Bonchev–Trinajstić information content (AvgIpc) is 1.99. The monoisotopic (exact) mass is 228 g/mol. The fraction of sp³-hybridized carbons (Fsp3) is 1.00. The van der Waals surface area contributed by atoms with E-state index in [4.69, 9.17) is 0 Å². The lowest BCUT2D eigenvalue weighted by atomic mass is 9.95. The molecule has 1 unspecified atom stereocenters. The van der Waals surface area contributed by atoms with Crippen molar-refractivity contribution in [1.29, 1.82) is 0 Å². The van der Waals surface area contributed by atoms with Gasteiger partial charge in [0.2, 0.25) is 0 Å². The van der Waals surface area contributed by atoms with Gasteiger partial charge in [0.1, 0.15) is 0 Å². The summed E-state index contributed by atoms with van der Waals surface area (Å²) in [5.41, 5.74) is 0.597. The summed E-state index contributed by atoms with van der Waals surface area (Å²) in [6.07, 6.45) is 1.20. The van der Waals surface area contributed by atoms with Crippen LogP contribution in [-0.2, 0) is 0 Å². The second-order valence-corrected chi connectivity index (χ2v) is 7.17. The highest BCUT2D eigenvalue weighted by molar-refractivity contribution is 4.79. The lowest BCUT2D eigenvalue weighted by Gasteiger charge is -2.34. The van der Waals surface area contributed by atoms with Crippen LogP contribution >= 0.6 is 0 Å². The zero-order chi connectivity index (χ0) is 13.0. The molecule has 0 fully saturated rings. The summed E-state index contributed by atoms with van der Waals surface area (Å²) < 4.78 is 0. The van der Waals surface area contributed by atoms with Gasteiger partial charge in [0.05, 0.1) is 0 Å². The quantitative estimate of drug-likeness (QED) is 0.778. The Hall–Kier alpha value is -0.0800. The van der Waals surface area contributed by atoms with Crippen molar-refractivity contribution in [2.75, 3.05) is 20.1 Å². The lowest BCUT2D eigenvalue weighted by molar-refractivity contribution is 0.158. The highest BCUT2D eigenvalue weighted by atomic mass is 15.2. The third-order valence-corrected chi connectivity index (χ3v) is 2.69. The van der Waals surface area contributed by atoms with Crippen LogP contribution in [0, 0.1) is 5.41 Å². The molecule has 1 N–H and O–H groups in total. The van der Waals surface area contributed by atoms with Crippen molar-refractivity contribution in [3.63, 3.8) is 0 Å². The molecule has 0 aromatic rings. The second-order valence-electron chi connectivity index (χ2n) is 7.17. The van der Waals surface area contributed by atoms with E-state index in [0.717, 1.165) is 13.1 Å². The average molecular weight is 228 g/mol. The Balaban J connectivity index is 4.17. The highest BCUT2D eigenvalue weighted by Crippen LogP contribution is 2.16. The van der Waals surface area contributed by atoms with Gasteiger partial charge in [0.25, 0.3) is 0 Å². The molecule has 0 radical (unpaired) electrons. The maximum atomic E-state index is 3.60. The predicted octanol–water partition coefficient (Wildman–Crippen LogP) is 3.13. The standard InChI is InChI=1S/C14H32N2/c1-9-12(10-15-14(5,6)7)16(8)11-13(2,3)4/h12,15H,9-11H2,1-8H3. The van der Waals surface area contributed by atoms with E-state index < -0.39 is 0 Å². The molecule has 0 aromatic carbocycles. The predicted molar refractivity (Wildman–Crippen MR) is 73.9 cm³/mol. The van der Waals surface area contributed by atoms with Gasteiger partial charge in [0, 0.05) is 24.7 Å². The lowest BCUT2D eigenvalue weighted by Crippen LogP contribution is -2.47. The van der Waals surface area contributed by atoms with Crippen LogP contribution in [0.1, 0.15) is 54.9 Å². The number of rotatable bonds is 5. The summed E-state index contributed by atoms with van der Waals surface area (Å²) in [4.78, 5) is 2.48. The second kappa shape index (κ2) is 6.02. The van der Waals surface area contributed by atoms with Gasteiger partial charge in [-0.2, -0.15) is 0 Å². The summed E-state index contributed by atoms with van der Waals surface area (Å²) >= 11 is 0. The first-order chi connectivity index (χ1) is 7.05. The zero-order valence-corrected chi connectivity index (χ0v) is 12.6. The van der Waals surface area contributed by atoms with E-state index in [1.54, 1.807) is 0 Å². The molecular weight excluding hydrogens is 196 g/mol. The molecular formula is C14H32N2. The summed E-state index contributed by atoms with van der Waals surface area (Å²) in [5, 5.41) is 3.60. The van der Waals surface area contributed by atoms with Crippen molar-refractivity contribution in [2.45, 2.75) is 66.5 Å². The van der Waals surface area contributed by atoms with Crippen LogP contribution in [0.15, 0.2) is 0 Å². The Labute approximate surface area is 103 Å². The first-order valence-electron chi connectivity index (χ1n) is 6.50. The van der Waals surface area contributed by atoms with E-state index >= 15 is 0 Å².